The first-order valence-corrected chi connectivity index (χ1v) is 13.8. The minimum atomic E-state index is -4.46. The Morgan fingerprint density at radius 1 is 0.909 bits per heavy atom. The normalized spacial score (nSPS) is 15.0. The highest BCUT2D eigenvalue weighted by Gasteiger charge is 2.19. The second-order valence-corrected chi connectivity index (χ2v) is 10.8. The van der Waals surface area contributed by atoms with Gasteiger partial charge in [-0.15, -0.1) is 0 Å². The molecule has 0 aliphatic carbocycles. The molecule has 196 valence electrons. The number of hydrogen-bond acceptors (Lipinski definition) is 7. The first-order chi connectivity index (χ1) is 15.6. The number of carbonyl (C=O) groups excluding carboxylic acids is 1. The molecule has 0 bridgehead atoms. The number of phosphoric ester groups is 1. The van der Waals surface area contributed by atoms with Crippen LogP contribution in [0.4, 0.5) is 0 Å². The third-order valence-electron chi connectivity index (χ3n) is 4.87. The van der Waals surface area contributed by atoms with Crippen molar-refractivity contribution in [3.63, 3.8) is 0 Å². The Morgan fingerprint density at radius 3 is 2.12 bits per heavy atom. The quantitative estimate of drug-likeness (QED) is 0.0714. The first kappa shape index (κ1) is 32.2. The van der Waals surface area contributed by atoms with Crippen molar-refractivity contribution in [3.8, 4) is 0 Å². The number of unbranched alkanes of at least 4 members (excludes halogenated alkanes) is 8. The summed E-state index contributed by atoms with van der Waals surface area (Å²) in [7, 11) is 1.34. The van der Waals surface area contributed by atoms with E-state index >= 15 is 0 Å². The molecule has 0 radical (unpaired) electrons. The summed E-state index contributed by atoms with van der Waals surface area (Å²) in [6, 6.07) is 0. The molecule has 0 aromatic rings. The number of esters is 1. The summed E-state index contributed by atoms with van der Waals surface area (Å²) < 4.78 is 32.9. The van der Waals surface area contributed by atoms with Crippen LogP contribution in [0.1, 0.15) is 78.1 Å². The molecule has 0 fully saturated rings. The number of carbonyl (C=O) groups is 1. The van der Waals surface area contributed by atoms with Gasteiger partial charge in [-0.05, 0) is 25.7 Å². The molecule has 0 aliphatic rings. The molecule has 8 nitrogen and oxygen atoms in total. The number of hydrogen-bond donors (Lipinski definition) is 0. The fourth-order valence-electron chi connectivity index (χ4n) is 2.93. The number of phosphoric acid groups is 1. The van der Waals surface area contributed by atoms with E-state index in [-0.39, 0.29) is 19.8 Å². The second kappa shape index (κ2) is 19.5. The highest BCUT2D eigenvalue weighted by molar-refractivity contribution is 7.45. The molecule has 0 aromatic carbocycles. The van der Waals surface area contributed by atoms with Crippen LogP contribution in [0, 0.1) is 0 Å². The van der Waals surface area contributed by atoms with Crippen LogP contribution in [0.15, 0.2) is 12.2 Å². The van der Waals surface area contributed by atoms with E-state index in [1.807, 2.05) is 21.1 Å². The number of quaternary nitrogens is 1. The van der Waals surface area contributed by atoms with Crippen LogP contribution in [0.25, 0.3) is 0 Å². The Kier molecular flexibility index (Phi) is 19.1. The maximum Gasteiger partial charge on any atom is 0.303 e. The van der Waals surface area contributed by atoms with Gasteiger partial charge in [-0.25, -0.2) is 0 Å². The predicted octanol–water partition coefficient (Wildman–Crippen LogP) is 4.62. The molecule has 2 atom stereocenters. The summed E-state index contributed by atoms with van der Waals surface area (Å²) in [5.41, 5.74) is 0. The lowest BCUT2D eigenvalue weighted by Crippen LogP contribution is -2.37. The van der Waals surface area contributed by atoms with E-state index in [9.17, 15) is 14.3 Å². The van der Waals surface area contributed by atoms with E-state index in [0.717, 1.165) is 12.8 Å². The molecule has 0 rings (SSSR count). The van der Waals surface area contributed by atoms with Gasteiger partial charge in [0.25, 0.3) is 7.82 Å². The Balaban J connectivity index is 3.90. The number of ether oxygens (including phenoxy) is 2. The molecule has 0 aromatic heterocycles. The van der Waals surface area contributed by atoms with Crippen molar-refractivity contribution < 1.29 is 37.3 Å². The first-order valence-electron chi connectivity index (χ1n) is 12.4. The zero-order valence-corrected chi connectivity index (χ0v) is 22.5. The highest BCUT2D eigenvalue weighted by Crippen LogP contribution is 2.38. The summed E-state index contributed by atoms with van der Waals surface area (Å²) in [6.45, 7) is 4.32. The third kappa shape index (κ3) is 24.2. The Bertz CT molecular complexity index is 564. The van der Waals surface area contributed by atoms with Crippen LogP contribution < -0.4 is 4.89 Å². The standard InChI is InChI=1S/C24H48NO7P/c1-6-7-8-9-10-11-12-13-14-15-16-17-19-29-21-24(32-23(2)26)22-31-33(27,28)30-20-18-25(3,4)5/h9-10,24H,6-8,11-22H2,1-5H3/b10-9-. The average Bonchev–Trinajstić information content (AvgIpc) is 2.70. The van der Waals surface area contributed by atoms with E-state index in [2.05, 4.69) is 19.1 Å². The topological polar surface area (TPSA) is 94.1 Å². The monoisotopic (exact) mass is 493 g/mol. The minimum absolute atomic E-state index is 0.0225. The molecule has 0 N–H and O–H groups in total. The maximum absolute atomic E-state index is 11.9. The summed E-state index contributed by atoms with van der Waals surface area (Å²) >= 11 is 0. The number of allylic oxidation sites excluding steroid dienone is 2. The average molecular weight is 494 g/mol. The van der Waals surface area contributed by atoms with Crippen LogP contribution in [-0.2, 0) is 27.9 Å². The zero-order chi connectivity index (χ0) is 25.0. The van der Waals surface area contributed by atoms with Gasteiger partial charge in [0, 0.05) is 13.5 Å². The van der Waals surface area contributed by atoms with Gasteiger partial charge in [-0.2, -0.15) is 0 Å². The van der Waals surface area contributed by atoms with Crippen LogP contribution >= 0.6 is 7.82 Å². The van der Waals surface area contributed by atoms with Crippen molar-refractivity contribution in [1.82, 2.24) is 0 Å². The predicted molar refractivity (Wildman–Crippen MR) is 130 cm³/mol. The van der Waals surface area contributed by atoms with Crippen LogP contribution in [0.5, 0.6) is 0 Å². The largest absolute Gasteiger partial charge is 0.756 e. The Labute approximate surface area is 201 Å². The van der Waals surface area contributed by atoms with Gasteiger partial charge >= 0.3 is 5.97 Å². The van der Waals surface area contributed by atoms with Gasteiger partial charge in [-0.1, -0.05) is 57.6 Å². The van der Waals surface area contributed by atoms with E-state index in [4.69, 9.17) is 18.5 Å². The van der Waals surface area contributed by atoms with Crippen molar-refractivity contribution in [2.75, 3.05) is 54.1 Å². The van der Waals surface area contributed by atoms with Gasteiger partial charge in [-0.3, -0.25) is 9.36 Å². The van der Waals surface area contributed by atoms with E-state index < -0.39 is 19.9 Å². The summed E-state index contributed by atoms with van der Waals surface area (Å²) in [4.78, 5) is 23.2. The summed E-state index contributed by atoms with van der Waals surface area (Å²) in [6.07, 6.45) is 15.6. The zero-order valence-electron chi connectivity index (χ0n) is 21.6. The van der Waals surface area contributed by atoms with Crippen molar-refractivity contribution in [3.05, 3.63) is 12.2 Å². The van der Waals surface area contributed by atoms with Gasteiger partial charge in [0.2, 0.25) is 0 Å². The molecule has 2 unspecified atom stereocenters. The maximum atomic E-state index is 11.9. The smallest absolute Gasteiger partial charge is 0.303 e. The van der Waals surface area contributed by atoms with Crippen molar-refractivity contribution >= 4 is 13.8 Å². The SMILES string of the molecule is CCCC/C=C\CCCCCCCCOCC(COP(=O)([O-])OCC[N+](C)(C)C)OC(C)=O. The fraction of sp³-hybridized carbons (Fsp3) is 0.875. The molecule has 0 saturated carbocycles. The van der Waals surface area contributed by atoms with Gasteiger partial charge in [0.05, 0.1) is 34.4 Å². The summed E-state index contributed by atoms with van der Waals surface area (Å²) in [5.74, 6) is -0.515. The lowest BCUT2D eigenvalue weighted by molar-refractivity contribution is -0.870. The lowest BCUT2D eigenvalue weighted by Gasteiger charge is -2.28. The van der Waals surface area contributed by atoms with Crippen molar-refractivity contribution in [2.24, 2.45) is 0 Å². The summed E-state index contributed by atoms with van der Waals surface area (Å²) in [5, 5.41) is 0. The molecular formula is C24H48NO7P. The molecule has 9 heteroatoms. The molecule has 0 spiro atoms. The van der Waals surface area contributed by atoms with E-state index in [1.165, 1.54) is 58.3 Å². The number of likely N-dealkylation sites (N-methyl/N-ethyl adjacent to an activating group) is 1. The van der Waals surface area contributed by atoms with Crippen LogP contribution in [0.2, 0.25) is 0 Å². The number of nitrogens with zero attached hydrogens (tertiary/aromatic N) is 1. The molecule has 33 heavy (non-hydrogen) atoms. The van der Waals surface area contributed by atoms with Crippen LogP contribution in [-0.4, -0.2) is 70.7 Å². The number of rotatable bonds is 22. The van der Waals surface area contributed by atoms with Gasteiger partial charge in [0.1, 0.15) is 19.3 Å². The van der Waals surface area contributed by atoms with E-state index in [0.29, 0.717) is 17.6 Å². The Morgan fingerprint density at radius 2 is 1.52 bits per heavy atom. The van der Waals surface area contributed by atoms with Gasteiger partial charge in [0.15, 0.2) is 0 Å². The molecule has 0 amide bonds. The van der Waals surface area contributed by atoms with Crippen molar-refractivity contribution in [2.45, 2.75) is 84.2 Å². The van der Waals surface area contributed by atoms with Crippen molar-refractivity contribution in [1.29, 1.82) is 0 Å². The third-order valence-corrected chi connectivity index (χ3v) is 5.83. The van der Waals surface area contributed by atoms with Crippen LogP contribution in [0.3, 0.4) is 0 Å². The Hall–Kier alpha value is -0.760. The highest BCUT2D eigenvalue weighted by atomic mass is 31.2. The molecule has 0 aliphatic heterocycles. The molecule has 0 heterocycles. The molecular weight excluding hydrogens is 445 g/mol. The van der Waals surface area contributed by atoms with E-state index in [1.54, 1.807) is 0 Å². The fourth-order valence-corrected chi connectivity index (χ4v) is 3.66. The lowest BCUT2D eigenvalue weighted by atomic mass is 10.1. The second-order valence-electron chi connectivity index (χ2n) is 9.42. The van der Waals surface area contributed by atoms with Gasteiger partial charge < -0.3 is 27.9 Å². The minimum Gasteiger partial charge on any atom is -0.756 e. The molecule has 0 saturated heterocycles.